The molecule has 0 aliphatic carbocycles. The van der Waals surface area contributed by atoms with Crippen molar-refractivity contribution < 1.29 is 22.7 Å². The van der Waals surface area contributed by atoms with Crippen molar-refractivity contribution in [2.75, 3.05) is 17.1 Å². The second-order valence-corrected chi connectivity index (χ2v) is 8.93. The Morgan fingerprint density at radius 1 is 0.879 bits per heavy atom. The molecule has 3 aromatic rings. The molecule has 1 unspecified atom stereocenters. The van der Waals surface area contributed by atoms with E-state index in [4.69, 9.17) is 4.74 Å². The first-order valence-corrected chi connectivity index (χ1v) is 11.6. The number of rotatable bonds is 9. The van der Waals surface area contributed by atoms with Crippen LogP contribution < -0.4 is 20.1 Å². The normalized spacial score (nSPS) is 11.8. The summed E-state index contributed by atoms with van der Waals surface area (Å²) in [6.07, 6.45) is -0.0499. The number of carbonyl (C=O) groups is 2. The first-order valence-electron chi connectivity index (χ1n) is 10.2. The van der Waals surface area contributed by atoms with Gasteiger partial charge in [-0.1, -0.05) is 42.5 Å². The molecule has 3 aromatic carbocycles. The number of hydrogen-bond acceptors (Lipinski definition) is 5. The zero-order valence-electron chi connectivity index (χ0n) is 18.2. The highest BCUT2D eigenvalue weighted by Crippen LogP contribution is 2.26. The molecule has 0 aliphatic rings. The maximum absolute atomic E-state index is 12.8. The van der Waals surface area contributed by atoms with E-state index in [1.807, 2.05) is 0 Å². The minimum Gasteiger partial charge on any atom is -0.497 e. The lowest BCUT2D eigenvalue weighted by atomic mass is 10.0. The number of nitrogens with one attached hydrogen (secondary N) is 3. The number of benzene rings is 3. The maximum Gasteiger partial charge on any atom is 0.261 e. The fourth-order valence-electron chi connectivity index (χ4n) is 3.20. The number of ether oxygens (including phenoxy) is 1. The zero-order chi connectivity index (χ0) is 23.8. The molecule has 8 nitrogen and oxygen atoms in total. The van der Waals surface area contributed by atoms with Crippen LogP contribution >= 0.6 is 0 Å². The summed E-state index contributed by atoms with van der Waals surface area (Å²) in [5, 5.41) is 5.51. The maximum atomic E-state index is 12.8. The predicted molar refractivity (Wildman–Crippen MR) is 126 cm³/mol. The molecule has 0 aromatic heterocycles. The lowest BCUT2D eigenvalue weighted by Gasteiger charge is -2.19. The van der Waals surface area contributed by atoms with Crippen LogP contribution in [0, 0.1) is 0 Å². The lowest BCUT2D eigenvalue weighted by Crippen LogP contribution is -2.30. The van der Waals surface area contributed by atoms with Crippen molar-refractivity contribution in [3.8, 4) is 5.75 Å². The number of anilines is 2. The molecule has 3 N–H and O–H groups in total. The molecule has 1 atom stereocenters. The topological polar surface area (TPSA) is 114 Å². The average Bonchev–Trinajstić information content (AvgIpc) is 2.80. The van der Waals surface area contributed by atoms with E-state index >= 15 is 0 Å². The van der Waals surface area contributed by atoms with Crippen LogP contribution in [0.25, 0.3) is 0 Å². The Morgan fingerprint density at radius 2 is 1.48 bits per heavy atom. The summed E-state index contributed by atoms with van der Waals surface area (Å²) < 4.78 is 33.1. The zero-order valence-corrected chi connectivity index (χ0v) is 19.1. The Kier molecular flexibility index (Phi) is 7.68. The molecule has 0 bridgehead atoms. The molecule has 0 aliphatic heterocycles. The van der Waals surface area contributed by atoms with Crippen molar-refractivity contribution in [1.82, 2.24) is 5.32 Å². The van der Waals surface area contributed by atoms with E-state index < -0.39 is 22.0 Å². The Hall–Kier alpha value is -3.85. The van der Waals surface area contributed by atoms with Gasteiger partial charge in [0, 0.05) is 6.92 Å². The average molecular weight is 468 g/mol. The third-order valence-corrected chi connectivity index (χ3v) is 6.17. The Bertz CT molecular complexity index is 1210. The number of methoxy groups -OCH3 is 1. The summed E-state index contributed by atoms with van der Waals surface area (Å²) in [6.45, 7) is 1.38. The largest absolute Gasteiger partial charge is 0.497 e. The van der Waals surface area contributed by atoms with E-state index in [1.54, 1.807) is 73.8 Å². The van der Waals surface area contributed by atoms with Crippen LogP contribution in [-0.4, -0.2) is 27.3 Å². The van der Waals surface area contributed by atoms with Crippen molar-refractivity contribution in [3.05, 3.63) is 84.4 Å². The quantitative estimate of drug-likeness (QED) is 0.444. The van der Waals surface area contributed by atoms with E-state index in [-0.39, 0.29) is 22.9 Å². The molecule has 172 valence electrons. The first-order chi connectivity index (χ1) is 15.8. The third kappa shape index (κ3) is 6.56. The molecule has 0 fully saturated rings. The monoisotopic (exact) mass is 467 g/mol. The summed E-state index contributed by atoms with van der Waals surface area (Å²) in [6, 6.07) is 20.9. The van der Waals surface area contributed by atoms with Crippen LogP contribution in [0.2, 0.25) is 0 Å². The highest BCUT2D eigenvalue weighted by Gasteiger charge is 2.20. The van der Waals surface area contributed by atoms with Gasteiger partial charge in [0.2, 0.25) is 11.8 Å². The second kappa shape index (κ2) is 10.6. The van der Waals surface area contributed by atoms with Gasteiger partial charge >= 0.3 is 0 Å². The highest BCUT2D eigenvalue weighted by molar-refractivity contribution is 7.92. The van der Waals surface area contributed by atoms with Gasteiger partial charge in [-0.2, -0.15) is 0 Å². The van der Waals surface area contributed by atoms with E-state index in [2.05, 4.69) is 15.4 Å². The fourth-order valence-corrected chi connectivity index (χ4v) is 4.31. The number of sulfonamides is 1. The van der Waals surface area contributed by atoms with Crippen molar-refractivity contribution in [1.29, 1.82) is 0 Å². The molecule has 0 saturated heterocycles. The van der Waals surface area contributed by atoms with Gasteiger partial charge in [0.25, 0.3) is 10.0 Å². The van der Waals surface area contributed by atoms with Gasteiger partial charge in [0.1, 0.15) is 5.75 Å². The number of amides is 2. The molecule has 0 radical (unpaired) electrons. The van der Waals surface area contributed by atoms with Crippen molar-refractivity contribution in [3.63, 3.8) is 0 Å². The molecule has 0 saturated carbocycles. The number of para-hydroxylation sites is 2. The predicted octanol–water partition coefficient (Wildman–Crippen LogP) is 3.70. The van der Waals surface area contributed by atoms with E-state index in [0.717, 1.165) is 5.56 Å². The second-order valence-electron chi connectivity index (χ2n) is 7.24. The van der Waals surface area contributed by atoms with E-state index in [1.165, 1.54) is 19.1 Å². The molecular formula is C24H25N3O5S. The highest BCUT2D eigenvalue weighted by atomic mass is 32.2. The van der Waals surface area contributed by atoms with Crippen LogP contribution in [0.1, 0.15) is 24.9 Å². The molecule has 0 spiro atoms. The minimum absolute atomic E-state index is 0.0499. The summed E-state index contributed by atoms with van der Waals surface area (Å²) in [4.78, 5) is 24.6. The fraction of sp³-hybridized carbons (Fsp3) is 0.167. The minimum atomic E-state index is -3.83. The Labute approximate surface area is 193 Å². The molecule has 33 heavy (non-hydrogen) atoms. The first kappa shape index (κ1) is 23.8. The van der Waals surface area contributed by atoms with E-state index in [0.29, 0.717) is 11.4 Å². The van der Waals surface area contributed by atoms with Crippen molar-refractivity contribution in [2.45, 2.75) is 24.3 Å². The van der Waals surface area contributed by atoms with Crippen LogP contribution in [0.15, 0.2) is 83.8 Å². The van der Waals surface area contributed by atoms with Gasteiger partial charge in [0.05, 0.1) is 35.8 Å². The summed E-state index contributed by atoms with van der Waals surface area (Å²) in [7, 11) is -2.28. The van der Waals surface area contributed by atoms with Crippen molar-refractivity contribution >= 4 is 33.2 Å². The van der Waals surface area contributed by atoms with Gasteiger partial charge in [-0.25, -0.2) is 8.42 Å². The van der Waals surface area contributed by atoms with Gasteiger partial charge in [-0.3, -0.25) is 14.3 Å². The van der Waals surface area contributed by atoms with Crippen molar-refractivity contribution in [2.24, 2.45) is 0 Å². The van der Waals surface area contributed by atoms with Crippen LogP contribution in [0.5, 0.6) is 5.75 Å². The molecule has 9 heteroatoms. The smallest absolute Gasteiger partial charge is 0.261 e. The van der Waals surface area contributed by atoms with Gasteiger partial charge in [-0.05, 0) is 42.0 Å². The van der Waals surface area contributed by atoms with Crippen LogP contribution in [-0.2, 0) is 19.6 Å². The molecular weight excluding hydrogens is 442 g/mol. The summed E-state index contributed by atoms with van der Waals surface area (Å²) in [5.74, 6) is -0.0139. The van der Waals surface area contributed by atoms with Gasteiger partial charge in [0.15, 0.2) is 0 Å². The van der Waals surface area contributed by atoms with Crippen LogP contribution in [0.3, 0.4) is 0 Å². The van der Waals surface area contributed by atoms with Gasteiger partial charge in [-0.15, -0.1) is 0 Å². The number of hydrogen-bond donors (Lipinski definition) is 3. The standard InChI is InChI=1S/C24H25N3O5S/c1-17(28)25-23(18-12-14-19(32-2)15-13-18)16-24(29)26-21-10-6-7-11-22(21)27-33(30,31)20-8-4-3-5-9-20/h3-15,23,27H,16H2,1-2H3,(H,25,28)(H,26,29). The molecule has 3 rings (SSSR count). The third-order valence-electron chi connectivity index (χ3n) is 4.78. The molecule has 0 heterocycles. The number of carbonyl (C=O) groups excluding carboxylic acids is 2. The van der Waals surface area contributed by atoms with Crippen LogP contribution in [0.4, 0.5) is 11.4 Å². The van der Waals surface area contributed by atoms with Gasteiger partial charge < -0.3 is 15.4 Å². The lowest BCUT2D eigenvalue weighted by molar-refractivity contribution is -0.120. The Morgan fingerprint density at radius 3 is 2.09 bits per heavy atom. The molecule has 2 amide bonds. The SMILES string of the molecule is COc1ccc(C(CC(=O)Nc2ccccc2NS(=O)(=O)c2ccccc2)NC(C)=O)cc1. The van der Waals surface area contributed by atoms with E-state index in [9.17, 15) is 18.0 Å². The Balaban J connectivity index is 1.77. The summed E-state index contributed by atoms with van der Waals surface area (Å²) >= 11 is 0. The summed E-state index contributed by atoms with van der Waals surface area (Å²) in [5.41, 5.74) is 1.27.